The number of nitrogens with one attached hydrogen (secondary N) is 1. The largest absolute Gasteiger partial charge is 0.368 e. The molecular weight excluding hydrogens is 245 g/mol. The molecule has 0 aromatic carbocycles. The summed E-state index contributed by atoms with van der Waals surface area (Å²) in [4.78, 5) is 13.2. The lowest BCUT2D eigenvalue weighted by Gasteiger charge is -2.36. The summed E-state index contributed by atoms with van der Waals surface area (Å²) in [7, 11) is 4.15. The lowest BCUT2D eigenvalue weighted by atomic mass is 10.1. The van der Waals surface area contributed by atoms with E-state index in [4.69, 9.17) is 0 Å². The monoisotopic (exact) mass is 267 g/mol. The summed E-state index contributed by atoms with van der Waals surface area (Å²) in [6, 6.07) is 0.121. The fourth-order valence-electron chi connectivity index (χ4n) is 2.30. The van der Waals surface area contributed by atoms with Crippen LogP contribution in [0.1, 0.15) is 24.5 Å². The van der Waals surface area contributed by atoms with Crippen LogP contribution in [0.2, 0.25) is 0 Å². The van der Waals surface area contributed by atoms with Gasteiger partial charge in [-0.05, 0) is 27.9 Å². The van der Waals surface area contributed by atoms with E-state index in [-0.39, 0.29) is 11.9 Å². The third-order valence-corrected chi connectivity index (χ3v) is 3.53. The van der Waals surface area contributed by atoms with E-state index in [1.54, 1.807) is 6.92 Å². The highest BCUT2D eigenvalue weighted by molar-refractivity contribution is 5.38. The molecule has 1 aromatic heterocycles. The van der Waals surface area contributed by atoms with Crippen LogP contribution in [-0.2, 0) is 0 Å². The number of hydrogen-bond donors (Lipinski definition) is 1. The molecule has 1 aliphatic heterocycles. The van der Waals surface area contributed by atoms with Gasteiger partial charge in [-0.2, -0.15) is 0 Å². The van der Waals surface area contributed by atoms with Crippen LogP contribution in [0.15, 0.2) is 0 Å². The average molecular weight is 267 g/mol. The van der Waals surface area contributed by atoms with Crippen LogP contribution in [0.5, 0.6) is 0 Å². The van der Waals surface area contributed by atoms with Gasteiger partial charge in [-0.3, -0.25) is 4.90 Å². The van der Waals surface area contributed by atoms with Crippen molar-refractivity contribution in [3.05, 3.63) is 17.3 Å². The SMILES string of the molecule is CCNc1nc(C2CN(C)CCN2C)nc(C)c1F. The van der Waals surface area contributed by atoms with Crippen molar-refractivity contribution in [1.82, 2.24) is 19.8 Å². The summed E-state index contributed by atoms with van der Waals surface area (Å²) in [5.74, 6) is 0.660. The molecule has 1 fully saturated rings. The fourth-order valence-corrected chi connectivity index (χ4v) is 2.30. The standard InChI is InChI=1S/C13H22FN5/c1-5-15-13-11(14)9(2)16-12(17-13)10-8-18(3)6-7-19(10)4/h10H,5-8H2,1-4H3,(H,15,16,17). The molecule has 0 radical (unpaired) electrons. The van der Waals surface area contributed by atoms with Crippen molar-refractivity contribution in [2.45, 2.75) is 19.9 Å². The molecule has 0 amide bonds. The van der Waals surface area contributed by atoms with Crippen LogP contribution >= 0.6 is 0 Å². The minimum atomic E-state index is -0.350. The molecule has 106 valence electrons. The minimum absolute atomic E-state index is 0.121. The second kappa shape index (κ2) is 5.79. The number of hydrogen-bond acceptors (Lipinski definition) is 5. The fraction of sp³-hybridized carbons (Fsp3) is 0.692. The molecule has 1 saturated heterocycles. The van der Waals surface area contributed by atoms with Gasteiger partial charge in [0.15, 0.2) is 11.6 Å². The van der Waals surface area contributed by atoms with E-state index >= 15 is 0 Å². The molecule has 1 aliphatic rings. The molecule has 1 atom stereocenters. The number of aryl methyl sites for hydroxylation is 1. The number of nitrogens with zero attached hydrogens (tertiary/aromatic N) is 4. The molecule has 6 heteroatoms. The Bertz CT molecular complexity index is 451. The molecule has 0 spiro atoms. The molecule has 1 N–H and O–H groups in total. The summed E-state index contributed by atoms with van der Waals surface area (Å²) >= 11 is 0. The number of rotatable bonds is 3. The van der Waals surface area contributed by atoms with E-state index in [1.165, 1.54) is 0 Å². The second-order valence-electron chi connectivity index (χ2n) is 5.12. The van der Waals surface area contributed by atoms with Gasteiger partial charge in [0, 0.05) is 26.2 Å². The third kappa shape index (κ3) is 3.01. The highest BCUT2D eigenvalue weighted by Crippen LogP contribution is 2.23. The van der Waals surface area contributed by atoms with E-state index in [1.807, 2.05) is 6.92 Å². The van der Waals surface area contributed by atoms with Crippen LogP contribution in [0.3, 0.4) is 0 Å². The summed E-state index contributed by atoms with van der Waals surface area (Å²) in [6.07, 6.45) is 0. The maximum Gasteiger partial charge on any atom is 0.186 e. The zero-order valence-corrected chi connectivity index (χ0v) is 12.1. The van der Waals surface area contributed by atoms with Crippen molar-refractivity contribution in [3.8, 4) is 0 Å². The first-order valence-electron chi connectivity index (χ1n) is 6.69. The number of anilines is 1. The van der Waals surface area contributed by atoms with E-state index in [0.29, 0.717) is 23.9 Å². The Hall–Kier alpha value is -1.27. The Morgan fingerprint density at radius 3 is 2.74 bits per heavy atom. The van der Waals surface area contributed by atoms with Gasteiger partial charge in [-0.15, -0.1) is 0 Å². The highest BCUT2D eigenvalue weighted by Gasteiger charge is 2.27. The van der Waals surface area contributed by atoms with Crippen LogP contribution in [0.25, 0.3) is 0 Å². The van der Waals surface area contributed by atoms with Gasteiger partial charge in [0.2, 0.25) is 0 Å². The van der Waals surface area contributed by atoms with Gasteiger partial charge in [0.1, 0.15) is 5.82 Å². The number of halogens is 1. The molecule has 0 aliphatic carbocycles. The first kappa shape index (κ1) is 14.1. The summed E-state index contributed by atoms with van der Waals surface area (Å²) in [5, 5.41) is 2.96. The van der Waals surface area contributed by atoms with Crippen LogP contribution in [0, 0.1) is 12.7 Å². The number of aromatic nitrogens is 2. The Morgan fingerprint density at radius 1 is 1.32 bits per heavy atom. The molecule has 2 rings (SSSR count). The average Bonchev–Trinajstić information content (AvgIpc) is 2.38. The Morgan fingerprint density at radius 2 is 2.05 bits per heavy atom. The first-order valence-corrected chi connectivity index (χ1v) is 6.69. The summed E-state index contributed by atoms with van der Waals surface area (Å²) in [6.45, 7) is 7.13. The minimum Gasteiger partial charge on any atom is -0.368 e. The molecule has 0 bridgehead atoms. The topological polar surface area (TPSA) is 44.3 Å². The molecule has 19 heavy (non-hydrogen) atoms. The van der Waals surface area contributed by atoms with Gasteiger partial charge >= 0.3 is 0 Å². The zero-order valence-electron chi connectivity index (χ0n) is 12.1. The lowest BCUT2D eigenvalue weighted by Crippen LogP contribution is -2.45. The molecule has 1 unspecified atom stereocenters. The van der Waals surface area contributed by atoms with E-state index in [9.17, 15) is 4.39 Å². The first-order chi connectivity index (χ1) is 9.02. The zero-order chi connectivity index (χ0) is 14.0. The van der Waals surface area contributed by atoms with Crippen molar-refractivity contribution >= 4 is 5.82 Å². The highest BCUT2D eigenvalue weighted by atomic mass is 19.1. The predicted molar refractivity (Wildman–Crippen MR) is 73.8 cm³/mol. The molecule has 0 saturated carbocycles. The third-order valence-electron chi connectivity index (χ3n) is 3.53. The Balaban J connectivity index is 2.33. The van der Waals surface area contributed by atoms with Gasteiger partial charge in [0.05, 0.1) is 11.7 Å². The Labute approximate surface area is 113 Å². The van der Waals surface area contributed by atoms with Crippen molar-refractivity contribution < 1.29 is 4.39 Å². The molecule has 1 aromatic rings. The Kier molecular flexibility index (Phi) is 4.31. The summed E-state index contributed by atoms with van der Waals surface area (Å²) < 4.78 is 13.9. The van der Waals surface area contributed by atoms with Crippen molar-refractivity contribution in [3.63, 3.8) is 0 Å². The maximum atomic E-state index is 13.9. The molecule has 2 heterocycles. The van der Waals surface area contributed by atoms with E-state index in [0.717, 1.165) is 19.6 Å². The summed E-state index contributed by atoms with van der Waals surface area (Å²) in [5.41, 5.74) is 0.405. The van der Waals surface area contributed by atoms with Gasteiger partial charge in [-0.1, -0.05) is 0 Å². The number of piperazine rings is 1. The van der Waals surface area contributed by atoms with E-state index in [2.05, 4.69) is 39.2 Å². The molecular formula is C13H22FN5. The maximum absolute atomic E-state index is 13.9. The normalized spacial score (nSPS) is 21.6. The van der Waals surface area contributed by atoms with Gasteiger partial charge < -0.3 is 10.2 Å². The quantitative estimate of drug-likeness (QED) is 0.893. The predicted octanol–water partition coefficient (Wildman–Crippen LogP) is 1.27. The lowest BCUT2D eigenvalue weighted by molar-refractivity contribution is 0.109. The number of likely N-dealkylation sites (N-methyl/N-ethyl adjacent to an activating group) is 2. The van der Waals surface area contributed by atoms with E-state index < -0.39 is 0 Å². The van der Waals surface area contributed by atoms with Crippen molar-refractivity contribution in [1.29, 1.82) is 0 Å². The van der Waals surface area contributed by atoms with Crippen LogP contribution in [0.4, 0.5) is 10.2 Å². The van der Waals surface area contributed by atoms with Crippen LogP contribution in [-0.4, -0.2) is 60.0 Å². The van der Waals surface area contributed by atoms with Crippen LogP contribution < -0.4 is 5.32 Å². The smallest absolute Gasteiger partial charge is 0.186 e. The van der Waals surface area contributed by atoms with Crippen molar-refractivity contribution in [2.24, 2.45) is 0 Å². The molecule has 5 nitrogen and oxygen atoms in total. The van der Waals surface area contributed by atoms with Gasteiger partial charge in [0.25, 0.3) is 0 Å². The van der Waals surface area contributed by atoms with Gasteiger partial charge in [-0.25, -0.2) is 14.4 Å². The van der Waals surface area contributed by atoms with Crippen molar-refractivity contribution in [2.75, 3.05) is 45.6 Å². The second-order valence-corrected chi connectivity index (χ2v) is 5.12.